The van der Waals surface area contributed by atoms with E-state index in [1.807, 2.05) is 0 Å². The smallest absolute Gasteiger partial charge is 0.325 e. The van der Waals surface area contributed by atoms with E-state index in [4.69, 9.17) is 4.74 Å². The largest absolute Gasteiger partial charge is 0.481 e. The first-order chi connectivity index (χ1) is 9.64. The average molecular weight is 293 g/mol. The van der Waals surface area contributed by atoms with Gasteiger partial charge in [0.25, 0.3) is 5.91 Å². The van der Waals surface area contributed by atoms with E-state index in [0.29, 0.717) is 18.1 Å². The standard InChI is InChI=1S/C13H15N3O3S/c1-19-10-3-2-9(6-14-10)7-16-11(17)13(15-12(16)18)4-5-20-8-13/h2-3,6H,4-5,7-8H2,1H3,(H,15,18)/t13-/m1/s1. The number of imide groups is 1. The van der Waals surface area contributed by atoms with Crippen LogP contribution in [0.3, 0.4) is 0 Å². The van der Waals surface area contributed by atoms with Crippen LogP contribution in [0.4, 0.5) is 4.79 Å². The molecule has 20 heavy (non-hydrogen) atoms. The topological polar surface area (TPSA) is 71.5 Å². The number of hydrogen-bond donors (Lipinski definition) is 1. The number of urea groups is 1. The predicted octanol–water partition coefficient (Wildman–Crippen LogP) is 1.02. The van der Waals surface area contributed by atoms with Crippen molar-refractivity contribution in [2.75, 3.05) is 18.6 Å². The molecule has 0 radical (unpaired) electrons. The quantitative estimate of drug-likeness (QED) is 0.842. The van der Waals surface area contributed by atoms with Crippen LogP contribution in [0.1, 0.15) is 12.0 Å². The van der Waals surface area contributed by atoms with Crippen molar-refractivity contribution in [2.24, 2.45) is 0 Å². The van der Waals surface area contributed by atoms with E-state index in [9.17, 15) is 9.59 Å². The van der Waals surface area contributed by atoms with Gasteiger partial charge in [-0.15, -0.1) is 0 Å². The van der Waals surface area contributed by atoms with Gasteiger partial charge in [-0.3, -0.25) is 9.69 Å². The van der Waals surface area contributed by atoms with Crippen molar-refractivity contribution >= 4 is 23.7 Å². The molecule has 0 unspecified atom stereocenters. The van der Waals surface area contributed by atoms with Gasteiger partial charge in [0.05, 0.1) is 13.7 Å². The number of nitrogens with zero attached hydrogens (tertiary/aromatic N) is 2. The maximum Gasteiger partial charge on any atom is 0.325 e. The first kappa shape index (κ1) is 13.2. The maximum absolute atomic E-state index is 12.5. The molecule has 1 N–H and O–H groups in total. The second-order valence-electron chi connectivity index (χ2n) is 4.91. The van der Waals surface area contributed by atoms with E-state index in [1.165, 1.54) is 4.90 Å². The molecule has 1 aromatic heterocycles. The van der Waals surface area contributed by atoms with Crippen molar-refractivity contribution in [3.05, 3.63) is 23.9 Å². The average Bonchev–Trinajstić information content (AvgIpc) is 3.01. The van der Waals surface area contributed by atoms with E-state index >= 15 is 0 Å². The van der Waals surface area contributed by atoms with Gasteiger partial charge in [0.2, 0.25) is 5.88 Å². The molecule has 3 amide bonds. The monoisotopic (exact) mass is 293 g/mol. The minimum Gasteiger partial charge on any atom is -0.481 e. The Morgan fingerprint density at radius 2 is 2.35 bits per heavy atom. The SMILES string of the molecule is COc1ccc(CN2C(=O)N[C@@]3(CCSC3)C2=O)cn1. The van der Waals surface area contributed by atoms with Gasteiger partial charge in [0.15, 0.2) is 0 Å². The fraction of sp³-hybridized carbons (Fsp3) is 0.462. The summed E-state index contributed by atoms with van der Waals surface area (Å²) in [6, 6.07) is 3.21. The van der Waals surface area contributed by atoms with Crippen molar-refractivity contribution in [1.29, 1.82) is 0 Å². The van der Waals surface area contributed by atoms with Crippen molar-refractivity contribution in [2.45, 2.75) is 18.5 Å². The highest BCUT2D eigenvalue weighted by Crippen LogP contribution is 2.33. The first-order valence-electron chi connectivity index (χ1n) is 6.35. The summed E-state index contributed by atoms with van der Waals surface area (Å²) >= 11 is 1.70. The maximum atomic E-state index is 12.5. The summed E-state index contributed by atoms with van der Waals surface area (Å²) in [6.45, 7) is 0.244. The molecular weight excluding hydrogens is 278 g/mol. The molecule has 2 aliphatic heterocycles. The van der Waals surface area contributed by atoms with Crippen LogP contribution in [0.15, 0.2) is 18.3 Å². The minimum atomic E-state index is -0.679. The number of hydrogen-bond acceptors (Lipinski definition) is 5. The summed E-state index contributed by atoms with van der Waals surface area (Å²) in [5.41, 5.74) is 0.124. The number of rotatable bonds is 3. The molecule has 0 bridgehead atoms. The molecule has 3 heterocycles. The molecule has 3 rings (SSSR count). The van der Waals surface area contributed by atoms with E-state index in [1.54, 1.807) is 37.2 Å². The van der Waals surface area contributed by atoms with Crippen LogP contribution < -0.4 is 10.1 Å². The molecule has 0 saturated carbocycles. The molecular formula is C13H15N3O3S. The van der Waals surface area contributed by atoms with Crippen LogP contribution in [-0.4, -0.2) is 46.0 Å². The molecule has 1 aromatic rings. The van der Waals surface area contributed by atoms with Gasteiger partial charge < -0.3 is 10.1 Å². The van der Waals surface area contributed by atoms with E-state index in [2.05, 4.69) is 10.3 Å². The van der Waals surface area contributed by atoms with Crippen LogP contribution >= 0.6 is 11.8 Å². The predicted molar refractivity (Wildman–Crippen MR) is 74.5 cm³/mol. The zero-order valence-corrected chi connectivity index (χ0v) is 11.9. The summed E-state index contributed by atoms with van der Waals surface area (Å²) in [4.78, 5) is 29.8. The highest BCUT2D eigenvalue weighted by Gasteiger charge is 2.52. The van der Waals surface area contributed by atoms with Crippen LogP contribution in [0.5, 0.6) is 5.88 Å². The van der Waals surface area contributed by atoms with Crippen LogP contribution in [-0.2, 0) is 11.3 Å². The van der Waals surface area contributed by atoms with Gasteiger partial charge in [-0.05, 0) is 17.7 Å². The van der Waals surface area contributed by atoms with Crippen molar-refractivity contribution < 1.29 is 14.3 Å². The van der Waals surface area contributed by atoms with E-state index in [-0.39, 0.29) is 18.5 Å². The van der Waals surface area contributed by atoms with Gasteiger partial charge >= 0.3 is 6.03 Å². The number of carbonyl (C=O) groups is 2. The van der Waals surface area contributed by atoms with Crippen molar-refractivity contribution in [1.82, 2.24) is 15.2 Å². The molecule has 6 nitrogen and oxygen atoms in total. The molecule has 2 fully saturated rings. The second-order valence-corrected chi connectivity index (χ2v) is 6.02. The molecule has 106 valence electrons. The lowest BCUT2D eigenvalue weighted by molar-refractivity contribution is -0.130. The number of nitrogens with one attached hydrogen (secondary N) is 1. The number of aromatic nitrogens is 1. The van der Waals surface area contributed by atoms with Gasteiger partial charge in [-0.25, -0.2) is 9.78 Å². The van der Waals surface area contributed by atoms with Gasteiger partial charge in [0, 0.05) is 18.0 Å². The lowest BCUT2D eigenvalue weighted by atomic mass is 9.99. The lowest BCUT2D eigenvalue weighted by Crippen LogP contribution is -2.46. The van der Waals surface area contributed by atoms with Gasteiger partial charge in [-0.1, -0.05) is 6.07 Å². The summed E-state index contributed by atoms with van der Waals surface area (Å²) in [5.74, 6) is 1.96. The molecule has 0 aliphatic carbocycles. The summed E-state index contributed by atoms with van der Waals surface area (Å²) in [6.07, 6.45) is 2.33. The van der Waals surface area contributed by atoms with Crippen LogP contribution in [0.2, 0.25) is 0 Å². The van der Waals surface area contributed by atoms with Gasteiger partial charge in [-0.2, -0.15) is 11.8 Å². The third-order valence-corrected chi connectivity index (χ3v) is 4.80. The highest BCUT2D eigenvalue weighted by molar-refractivity contribution is 7.99. The van der Waals surface area contributed by atoms with E-state index in [0.717, 1.165) is 11.3 Å². The summed E-state index contributed by atoms with van der Waals surface area (Å²) in [5, 5.41) is 2.84. The lowest BCUT2D eigenvalue weighted by Gasteiger charge is -2.19. The Bertz CT molecular complexity index is 540. The summed E-state index contributed by atoms with van der Waals surface area (Å²) < 4.78 is 4.98. The first-order valence-corrected chi connectivity index (χ1v) is 7.51. The second kappa shape index (κ2) is 4.97. The molecule has 1 spiro atoms. The molecule has 7 heteroatoms. The molecule has 2 aliphatic rings. The Balaban J connectivity index is 1.76. The van der Waals surface area contributed by atoms with Gasteiger partial charge in [0.1, 0.15) is 5.54 Å². The fourth-order valence-corrected chi connectivity index (χ4v) is 3.79. The van der Waals surface area contributed by atoms with Crippen LogP contribution in [0, 0.1) is 0 Å². The number of ether oxygens (including phenoxy) is 1. The Hall–Kier alpha value is -1.76. The Morgan fingerprint density at radius 3 is 2.95 bits per heavy atom. The Kier molecular flexibility index (Phi) is 3.29. The van der Waals surface area contributed by atoms with Crippen molar-refractivity contribution in [3.63, 3.8) is 0 Å². The van der Waals surface area contributed by atoms with E-state index < -0.39 is 5.54 Å². The number of thioether (sulfide) groups is 1. The zero-order chi connectivity index (χ0) is 14.2. The van der Waals surface area contributed by atoms with Crippen molar-refractivity contribution in [3.8, 4) is 5.88 Å². The number of carbonyl (C=O) groups excluding carboxylic acids is 2. The third-order valence-electron chi connectivity index (χ3n) is 3.61. The molecule has 1 atom stereocenters. The third kappa shape index (κ3) is 2.11. The Labute approximate surface area is 120 Å². The molecule has 2 saturated heterocycles. The highest BCUT2D eigenvalue weighted by atomic mass is 32.2. The normalized spacial score (nSPS) is 25.4. The number of pyridine rings is 1. The number of amides is 3. The Morgan fingerprint density at radius 1 is 1.50 bits per heavy atom. The minimum absolute atomic E-state index is 0.122. The fourth-order valence-electron chi connectivity index (χ4n) is 2.46. The number of methoxy groups -OCH3 is 1. The zero-order valence-electron chi connectivity index (χ0n) is 11.1. The molecule has 0 aromatic carbocycles. The van der Waals surface area contributed by atoms with Crippen LogP contribution in [0.25, 0.3) is 0 Å². The summed E-state index contributed by atoms with van der Waals surface area (Å²) in [7, 11) is 1.54.